The first kappa shape index (κ1) is 14.2. The van der Waals surface area contributed by atoms with E-state index in [-0.39, 0.29) is 6.61 Å². The molecule has 102 valence electrons. The molecule has 0 bridgehead atoms. The first-order chi connectivity index (χ1) is 9.10. The maximum absolute atomic E-state index is 9.28. The summed E-state index contributed by atoms with van der Waals surface area (Å²) in [5.41, 5.74) is 1.67. The molecule has 0 saturated heterocycles. The topological polar surface area (TPSA) is 47.3 Å². The summed E-state index contributed by atoms with van der Waals surface area (Å²) >= 11 is 11.9. The fourth-order valence-electron chi connectivity index (χ4n) is 1.76. The van der Waals surface area contributed by atoms with E-state index in [1.165, 1.54) is 0 Å². The van der Waals surface area contributed by atoms with Gasteiger partial charge in [0.2, 0.25) is 0 Å². The Hall–Kier alpha value is -1.23. The number of halogens is 2. The molecule has 0 unspecified atom stereocenters. The van der Waals surface area contributed by atoms with Crippen molar-refractivity contribution < 1.29 is 9.84 Å². The molecule has 6 heteroatoms. The molecule has 1 aromatic heterocycles. The number of hydrogen-bond donors (Lipinski definition) is 1. The van der Waals surface area contributed by atoms with Gasteiger partial charge in [0.1, 0.15) is 5.75 Å². The van der Waals surface area contributed by atoms with E-state index in [1.807, 2.05) is 13.2 Å². The lowest BCUT2D eigenvalue weighted by Crippen LogP contribution is -2.04. The molecule has 0 radical (unpaired) electrons. The van der Waals surface area contributed by atoms with Gasteiger partial charge in [0, 0.05) is 30.3 Å². The minimum Gasteiger partial charge on any atom is -0.491 e. The fourth-order valence-corrected chi connectivity index (χ4v) is 2.35. The number of aliphatic hydroxyl groups is 1. The molecule has 1 N–H and O–H groups in total. The second-order valence-corrected chi connectivity index (χ2v) is 5.00. The lowest BCUT2D eigenvalue weighted by molar-refractivity contribution is 0.264. The predicted octanol–water partition coefficient (Wildman–Crippen LogP) is 2.84. The highest BCUT2D eigenvalue weighted by Gasteiger charge is 2.10. The van der Waals surface area contributed by atoms with Gasteiger partial charge in [-0.3, -0.25) is 4.68 Å². The van der Waals surface area contributed by atoms with Gasteiger partial charge in [0.05, 0.1) is 24.4 Å². The Bertz CT molecular complexity index is 570. The number of rotatable bonds is 5. The molecule has 19 heavy (non-hydrogen) atoms. The summed E-state index contributed by atoms with van der Waals surface area (Å²) in [6.45, 7) is 0.294. The van der Waals surface area contributed by atoms with Gasteiger partial charge in [-0.2, -0.15) is 5.10 Å². The first-order valence-electron chi connectivity index (χ1n) is 5.79. The van der Waals surface area contributed by atoms with Crippen LogP contribution < -0.4 is 4.74 Å². The molecule has 0 atom stereocenters. The van der Waals surface area contributed by atoms with E-state index >= 15 is 0 Å². The second-order valence-electron chi connectivity index (χ2n) is 4.15. The maximum atomic E-state index is 9.28. The van der Waals surface area contributed by atoms with Crippen molar-refractivity contribution in [2.24, 2.45) is 7.05 Å². The van der Waals surface area contributed by atoms with Crippen LogP contribution in [-0.4, -0.2) is 21.5 Å². The van der Waals surface area contributed by atoms with Crippen LogP contribution in [0.4, 0.5) is 0 Å². The fraction of sp³-hybridized carbons (Fsp3) is 0.308. The molecule has 0 aliphatic carbocycles. The lowest BCUT2D eigenvalue weighted by atomic mass is 10.2. The maximum Gasteiger partial charge on any atom is 0.143 e. The molecule has 0 amide bonds. The summed E-state index contributed by atoms with van der Waals surface area (Å²) < 4.78 is 7.38. The van der Waals surface area contributed by atoms with Crippen molar-refractivity contribution in [1.82, 2.24) is 9.78 Å². The highest BCUT2D eigenvalue weighted by Crippen LogP contribution is 2.32. The smallest absolute Gasteiger partial charge is 0.143 e. The standard InChI is InChI=1S/C13H14Cl2N2O2/c1-17-7-9(6-16-17)2-3-19-13-10(8-18)4-11(14)5-12(13)15/h4-7,18H,2-3,8H2,1H3. The molecule has 0 spiro atoms. The summed E-state index contributed by atoms with van der Waals surface area (Å²) in [6.07, 6.45) is 4.44. The number of benzene rings is 1. The van der Waals surface area contributed by atoms with E-state index in [9.17, 15) is 5.11 Å². The van der Waals surface area contributed by atoms with Gasteiger partial charge in [-0.05, 0) is 17.7 Å². The third kappa shape index (κ3) is 3.62. The van der Waals surface area contributed by atoms with Crippen molar-refractivity contribution in [3.63, 3.8) is 0 Å². The SMILES string of the molecule is Cn1cc(CCOc2c(Cl)cc(Cl)cc2CO)cn1. The molecular weight excluding hydrogens is 287 g/mol. The number of hydrogen-bond acceptors (Lipinski definition) is 3. The molecule has 1 heterocycles. The van der Waals surface area contributed by atoms with E-state index in [4.69, 9.17) is 27.9 Å². The van der Waals surface area contributed by atoms with Gasteiger partial charge in [0.15, 0.2) is 0 Å². The molecule has 1 aromatic carbocycles. The third-order valence-electron chi connectivity index (χ3n) is 2.65. The minimum atomic E-state index is -0.164. The Morgan fingerprint density at radius 2 is 2.16 bits per heavy atom. The van der Waals surface area contributed by atoms with Crippen molar-refractivity contribution >= 4 is 23.2 Å². The first-order valence-corrected chi connectivity index (χ1v) is 6.55. The molecule has 2 rings (SSSR count). The van der Waals surface area contributed by atoms with Gasteiger partial charge in [-0.25, -0.2) is 0 Å². The Balaban J connectivity index is 2.03. The van der Waals surface area contributed by atoms with Gasteiger partial charge in [0.25, 0.3) is 0 Å². The molecule has 0 aliphatic rings. The van der Waals surface area contributed by atoms with Crippen molar-refractivity contribution in [1.29, 1.82) is 0 Å². The minimum absolute atomic E-state index is 0.164. The Morgan fingerprint density at radius 3 is 2.79 bits per heavy atom. The van der Waals surface area contributed by atoms with Crippen LogP contribution in [-0.2, 0) is 20.1 Å². The zero-order chi connectivity index (χ0) is 13.8. The van der Waals surface area contributed by atoms with Crippen molar-refractivity contribution in [3.05, 3.63) is 45.7 Å². The average molecular weight is 301 g/mol. The summed E-state index contributed by atoms with van der Waals surface area (Å²) in [7, 11) is 1.87. The molecule has 0 aliphatic heterocycles. The molecular formula is C13H14Cl2N2O2. The van der Waals surface area contributed by atoms with Crippen LogP contribution in [0.25, 0.3) is 0 Å². The van der Waals surface area contributed by atoms with Crippen LogP contribution in [0, 0.1) is 0 Å². The van der Waals surface area contributed by atoms with Crippen LogP contribution in [0.1, 0.15) is 11.1 Å². The predicted molar refractivity (Wildman–Crippen MR) is 74.8 cm³/mol. The number of aryl methyl sites for hydroxylation is 1. The second kappa shape index (κ2) is 6.28. The number of nitrogens with zero attached hydrogens (tertiary/aromatic N) is 2. The lowest BCUT2D eigenvalue weighted by Gasteiger charge is -2.12. The summed E-state index contributed by atoms with van der Waals surface area (Å²) in [5, 5.41) is 14.2. The molecule has 4 nitrogen and oxygen atoms in total. The van der Waals surface area contributed by atoms with E-state index in [2.05, 4.69) is 5.10 Å². The van der Waals surface area contributed by atoms with Crippen molar-refractivity contribution in [3.8, 4) is 5.75 Å². The van der Waals surface area contributed by atoms with E-state index in [0.717, 1.165) is 12.0 Å². The van der Waals surface area contributed by atoms with Crippen LogP contribution >= 0.6 is 23.2 Å². The largest absolute Gasteiger partial charge is 0.491 e. The van der Waals surface area contributed by atoms with Crippen LogP contribution in [0.3, 0.4) is 0 Å². The Morgan fingerprint density at radius 1 is 1.37 bits per heavy atom. The highest BCUT2D eigenvalue weighted by atomic mass is 35.5. The average Bonchev–Trinajstić information content (AvgIpc) is 2.77. The molecule has 2 aromatic rings. The van der Waals surface area contributed by atoms with E-state index in [0.29, 0.717) is 28.0 Å². The Kier molecular flexibility index (Phi) is 4.69. The van der Waals surface area contributed by atoms with E-state index in [1.54, 1.807) is 23.0 Å². The van der Waals surface area contributed by atoms with Crippen LogP contribution in [0.2, 0.25) is 10.0 Å². The van der Waals surface area contributed by atoms with Gasteiger partial charge >= 0.3 is 0 Å². The zero-order valence-electron chi connectivity index (χ0n) is 10.4. The highest BCUT2D eigenvalue weighted by molar-refractivity contribution is 6.35. The number of ether oxygens (including phenoxy) is 1. The van der Waals surface area contributed by atoms with Crippen LogP contribution in [0.5, 0.6) is 5.75 Å². The zero-order valence-corrected chi connectivity index (χ0v) is 11.9. The third-order valence-corrected chi connectivity index (χ3v) is 3.15. The normalized spacial score (nSPS) is 10.7. The number of aliphatic hydroxyl groups excluding tert-OH is 1. The van der Waals surface area contributed by atoms with Crippen molar-refractivity contribution in [2.75, 3.05) is 6.61 Å². The molecule has 0 saturated carbocycles. The summed E-state index contributed by atoms with van der Waals surface area (Å²) in [4.78, 5) is 0. The Labute approximate surface area is 121 Å². The van der Waals surface area contributed by atoms with Crippen molar-refractivity contribution in [2.45, 2.75) is 13.0 Å². The van der Waals surface area contributed by atoms with Gasteiger partial charge < -0.3 is 9.84 Å². The summed E-state index contributed by atoms with van der Waals surface area (Å²) in [5.74, 6) is 0.484. The number of aromatic nitrogens is 2. The molecule has 0 fully saturated rings. The van der Waals surface area contributed by atoms with Gasteiger partial charge in [-0.1, -0.05) is 23.2 Å². The quantitative estimate of drug-likeness (QED) is 0.923. The summed E-state index contributed by atoms with van der Waals surface area (Å²) in [6, 6.07) is 3.24. The van der Waals surface area contributed by atoms with Crippen LogP contribution in [0.15, 0.2) is 24.5 Å². The van der Waals surface area contributed by atoms with Gasteiger partial charge in [-0.15, -0.1) is 0 Å². The van der Waals surface area contributed by atoms with E-state index < -0.39 is 0 Å². The monoisotopic (exact) mass is 300 g/mol.